The Labute approximate surface area is 200 Å². The summed E-state index contributed by atoms with van der Waals surface area (Å²) in [5, 5.41) is 8.86. The summed E-state index contributed by atoms with van der Waals surface area (Å²) in [5.41, 5.74) is 0.939. The molecular weight excluding hydrogens is 471 g/mol. The first-order valence-corrected chi connectivity index (χ1v) is 12.5. The molecule has 4 nitrogen and oxygen atoms in total. The summed E-state index contributed by atoms with van der Waals surface area (Å²) in [7, 11) is 0. The maximum Gasteiger partial charge on any atom is 0.223 e. The van der Waals surface area contributed by atoms with E-state index in [0.29, 0.717) is 23.1 Å². The topological polar surface area (TPSA) is 58.2 Å². The van der Waals surface area contributed by atoms with Crippen molar-refractivity contribution in [2.24, 2.45) is 5.92 Å². The van der Waals surface area contributed by atoms with Gasteiger partial charge in [-0.1, -0.05) is 42.1 Å². The number of hydrogen-bond donors (Lipinski definition) is 2. The number of carbonyl (C=O) groups is 2. The second-order valence-electron chi connectivity index (χ2n) is 7.22. The van der Waals surface area contributed by atoms with E-state index < -0.39 is 0 Å². The summed E-state index contributed by atoms with van der Waals surface area (Å²) in [6.07, 6.45) is 5.09. The van der Waals surface area contributed by atoms with Gasteiger partial charge in [0.15, 0.2) is 0 Å². The number of nitrogens with one attached hydrogen (secondary N) is 2. The van der Waals surface area contributed by atoms with E-state index in [1.807, 2.05) is 18.2 Å². The predicted molar refractivity (Wildman–Crippen MR) is 131 cm³/mol. The van der Waals surface area contributed by atoms with Crippen LogP contribution in [0.5, 0.6) is 0 Å². The van der Waals surface area contributed by atoms with E-state index in [1.54, 1.807) is 28.7 Å². The zero-order valence-corrected chi connectivity index (χ0v) is 20.0. The lowest BCUT2D eigenvalue weighted by Crippen LogP contribution is -2.28. The van der Waals surface area contributed by atoms with E-state index in [1.165, 1.54) is 27.5 Å². The lowest BCUT2D eigenvalue weighted by atomic mass is 10.1. The van der Waals surface area contributed by atoms with Crippen LogP contribution in [0, 0.1) is 5.92 Å². The van der Waals surface area contributed by atoms with Gasteiger partial charge in [-0.15, -0.1) is 22.7 Å². The molecule has 8 heteroatoms. The van der Waals surface area contributed by atoms with Gasteiger partial charge in [0.05, 0.1) is 6.54 Å². The van der Waals surface area contributed by atoms with Crippen LogP contribution >= 0.6 is 45.9 Å². The van der Waals surface area contributed by atoms with Gasteiger partial charge in [0, 0.05) is 37.1 Å². The Morgan fingerprint density at radius 3 is 2.42 bits per heavy atom. The summed E-state index contributed by atoms with van der Waals surface area (Å²) >= 11 is 15.2. The van der Waals surface area contributed by atoms with Crippen molar-refractivity contribution >= 4 is 58.2 Å². The SMILES string of the molecule is O=C(NCc1cc(Cl)cc(Cl)c1)C1CCCC1.O=CNCc1ccc(-c2cccs2)s1. The van der Waals surface area contributed by atoms with Crippen molar-refractivity contribution < 1.29 is 9.59 Å². The summed E-state index contributed by atoms with van der Waals surface area (Å²) < 4.78 is 0. The van der Waals surface area contributed by atoms with Crippen molar-refractivity contribution in [3.8, 4) is 9.75 Å². The fourth-order valence-corrected chi connectivity index (χ4v) is 5.77. The fourth-order valence-electron chi connectivity index (χ4n) is 3.40. The molecule has 0 saturated heterocycles. The third-order valence-electron chi connectivity index (χ3n) is 4.90. The van der Waals surface area contributed by atoms with Gasteiger partial charge >= 0.3 is 0 Å². The molecule has 0 spiro atoms. The fraction of sp³-hybridized carbons (Fsp3) is 0.304. The van der Waals surface area contributed by atoms with E-state index >= 15 is 0 Å². The molecule has 1 aliphatic rings. The first-order valence-electron chi connectivity index (χ1n) is 10.1. The largest absolute Gasteiger partial charge is 0.354 e. The number of rotatable bonds is 7. The Morgan fingerprint density at radius 1 is 1.03 bits per heavy atom. The van der Waals surface area contributed by atoms with Gasteiger partial charge in [-0.2, -0.15) is 0 Å². The van der Waals surface area contributed by atoms with Crippen molar-refractivity contribution in [1.29, 1.82) is 0 Å². The summed E-state index contributed by atoms with van der Waals surface area (Å²) in [6.45, 7) is 1.12. The Kier molecular flexibility index (Phi) is 9.40. The van der Waals surface area contributed by atoms with Crippen molar-refractivity contribution in [2.75, 3.05) is 0 Å². The van der Waals surface area contributed by atoms with Crippen LogP contribution in [0.1, 0.15) is 36.1 Å². The second kappa shape index (κ2) is 12.2. The van der Waals surface area contributed by atoms with E-state index in [-0.39, 0.29) is 11.8 Å². The van der Waals surface area contributed by atoms with Gasteiger partial charge in [-0.05, 0) is 60.2 Å². The summed E-state index contributed by atoms with van der Waals surface area (Å²) in [4.78, 5) is 25.7. The molecule has 1 saturated carbocycles. The molecule has 1 aliphatic carbocycles. The number of amides is 2. The average molecular weight is 495 g/mol. The molecule has 3 aromatic rings. The Hall–Kier alpha value is -1.86. The molecule has 0 aliphatic heterocycles. The van der Waals surface area contributed by atoms with Gasteiger partial charge in [0.1, 0.15) is 0 Å². The smallest absolute Gasteiger partial charge is 0.223 e. The van der Waals surface area contributed by atoms with Crippen molar-refractivity contribution in [3.63, 3.8) is 0 Å². The number of halogens is 2. The molecule has 2 N–H and O–H groups in total. The molecule has 4 rings (SSSR count). The van der Waals surface area contributed by atoms with Crippen LogP contribution in [0.25, 0.3) is 9.75 Å². The number of hydrogen-bond acceptors (Lipinski definition) is 4. The van der Waals surface area contributed by atoms with Gasteiger partial charge in [0.2, 0.25) is 12.3 Å². The molecule has 0 radical (unpaired) electrons. The molecular formula is C23H24Cl2N2O2S2. The monoisotopic (exact) mass is 494 g/mol. The van der Waals surface area contributed by atoms with Crippen LogP contribution in [0.3, 0.4) is 0 Å². The molecule has 0 atom stereocenters. The van der Waals surface area contributed by atoms with Gasteiger partial charge < -0.3 is 10.6 Å². The quantitative estimate of drug-likeness (QED) is 0.367. The van der Waals surface area contributed by atoms with Gasteiger partial charge in [-0.25, -0.2) is 0 Å². The normalized spacial score (nSPS) is 13.4. The van der Waals surface area contributed by atoms with E-state index in [9.17, 15) is 9.59 Å². The molecule has 1 aromatic carbocycles. The zero-order chi connectivity index (χ0) is 22.1. The molecule has 2 aromatic heterocycles. The molecule has 2 heterocycles. The minimum absolute atomic E-state index is 0.151. The predicted octanol–water partition coefficient (Wildman–Crippen LogP) is 6.52. The van der Waals surface area contributed by atoms with Crippen LogP contribution in [-0.4, -0.2) is 12.3 Å². The van der Waals surface area contributed by atoms with Crippen molar-refractivity contribution in [2.45, 2.75) is 38.8 Å². The third-order valence-corrected chi connectivity index (χ3v) is 7.49. The first-order chi connectivity index (χ1) is 15.0. The highest BCUT2D eigenvalue weighted by atomic mass is 35.5. The summed E-state index contributed by atoms with van der Waals surface area (Å²) in [6, 6.07) is 13.6. The van der Waals surface area contributed by atoms with Crippen LogP contribution in [0.2, 0.25) is 10.0 Å². The zero-order valence-electron chi connectivity index (χ0n) is 16.9. The van der Waals surface area contributed by atoms with Crippen molar-refractivity contribution in [3.05, 3.63) is 68.3 Å². The molecule has 31 heavy (non-hydrogen) atoms. The number of thiophene rings is 2. The highest BCUT2D eigenvalue weighted by molar-refractivity contribution is 7.21. The third kappa shape index (κ3) is 7.65. The highest BCUT2D eigenvalue weighted by Gasteiger charge is 2.22. The van der Waals surface area contributed by atoms with E-state index in [0.717, 1.165) is 24.8 Å². The molecule has 0 bridgehead atoms. The molecule has 1 fully saturated rings. The summed E-state index contributed by atoms with van der Waals surface area (Å²) in [5.74, 6) is 0.350. The van der Waals surface area contributed by atoms with Gasteiger partial charge in [-0.3, -0.25) is 9.59 Å². The second-order valence-corrected chi connectivity index (χ2v) is 10.2. The lowest BCUT2D eigenvalue weighted by Gasteiger charge is -2.10. The number of benzene rings is 1. The standard InChI is InChI=1S/C13H15Cl2NO.C10H9NOS2/c14-11-5-9(6-12(15)7-11)8-16-13(17)10-3-1-2-4-10;12-7-11-6-8-3-4-10(14-8)9-2-1-5-13-9/h5-7,10H,1-4,8H2,(H,16,17);1-5,7H,6H2,(H,11,12). The Morgan fingerprint density at radius 2 is 1.77 bits per heavy atom. The lowest BCUT2D eigenvalue weighted by molar-refractivity contribution is -0.125. The average Bonchev–Trinajstić information content (AvgIpc) is 3.52. The molecule has 164 valence electrons. The Balaban J connectivity index is 0.000000179. The highest BCUT2D eigenvalue weighted by Crippen LogP contribution is 2.31. The Bertz CT molecular complexity index is 963. The minimum Gasteiger partial charge on any atom is -0.354 e. The molecule has 2 amide bonds. The van der Waals surface area contributed by atoms with Crippen LogP contribution in [0.15, 0.2) is 47.8 Å². The number of carbonyl (C=O) groups excluding carboxylic acids is 2. The van der Waals surface area contributed by atoms with E-state index in [2.05, 4.69) is 34.2 Å². The molecule has 0 unspecified atom stereocenters. The van der Waals surface area contributed by atoms with Crippen LogP contribution in [-0.2, 0) is 22.7 Å². The minimum atomic E-state index is 0.151. The first kappa shape index (κ1) is 23.8. The maximum absolute atomic E-state index is 11.8. The maximum atomic E-state index is 11.8. The van der Waals surface area contributed by atoms with Crippen molar-refractivity contribution in [1.82, 2.24) is 10.6 Å². The van der Waals surface area contributed by atoms with E-state index in [4.69, 9.17) is 23.2 Å². The van der Waals surface area contributed by atoms with Gasteiger partial charge in [0.25, 0.3) is 0 Å². The van der Waals surface area contributed by atoms with Crippen LogP contribution in [0.4, 0.5) is 0 Å². The van der Waals surface area contributed by atoms with Crippen LogP contribution < -0.4 is 10.6 Å².